The van der Waals surface area contributed by atoms with Gasteiger partial charge in [0.2, 0.25) is 5.88 Å². The molecule has 1 amide bonds. The molecule has 172 valence electrons. The molecular weight excluding hydrogens is 418 g/mol. The minimum absolute atomic E-state index is 0.161. The van der Waals surface area contributed by atoms with Crippen molar-refractivity contribution in [2.45, 2.75) is 44.7 Å². The van der Waals surface area contributed by atoms with E-state index >= 15 is 0 Å². The molecule has 0 unspecified atom stereocenters. The molecule has 3 rings (SSSR count). The zero-order valence-electron chi connectivity index (χ0n) is 18.1. The average Bonchev–Trinajstić information content (AvgIpc) is 2.80. The Bertz CT molecular complexity index is 1090. The number of hydrogen-bond acceptors (Lipinski definition) is 7. The number of rotatable bonds is 8. The molecule has 1 heterocycles. The van der Waals surface area contributed by atoms with Crippen LogP contribution in [0.5, 0.6) is 17.4 Å². The zero-order valence-corrected chi connectivity index (χ0v) is 18.1. The topological polar surface area (TPSA) is 129 Å². The number of aromatic hydroxyl groups is 1. The first-order chi connectivity index (χ1) is 15.4. The van der Waals surface area contributed by atoms with Gasteiger partial charge in [0.05, 0.1) is 27.3 Å². The second kappa shape index (κ2) is 10.2. The molecule has 0 spiro atoms. The van der Waals surface area contributed by atoms with Gasteiger partial charge in [-0.3, -0.25) is 18.7 Å². The van der Waals surface area contributed by atoms with Gasteiger partial charge in [-0.05, 0) is 30.5 Å². The van der Waals surface area contributed by atoms with Gasteiger partial charge in [-0.2, -0.15) is 0 Å². The van der Waals surface area contributed by atoms with Gasteiger partial charge in [0.15, 0.2) is 5.56 Å². The summed E-state index contributed by atoms with van der Waals surface area (Å²) in [6, 6.07) is 4.62. The minimum Gasteiger partial charge on any atom is -0.497 e. The molecule has 1 saturated carbocycles. The third-order valence-corrected chi connectivity index (χ3v) is 5.61. The van der Waals surface area contributed by atoms with Crippen molar-refractivity contribution in [1.82, 2.24) is 14.5 Å². The Kier molecular flexibility index (Phi) is 7.34. The lowest BCUT2D eigenvalue weighted by molar-refractivity contribution is -0.107. The highest BCUT2D eigenvalue weighted by atomic mass is 16.5. The summed E-state index contributed by atoms with van der Waals surface area (Å²) >= 11 is 0. The van der Waals surface area contributed by atoms with E-state index in [0.717, 1.165) is 28.4 Å². The molecular formula is C22H27N3O7. The Labute approximate surface area is 184 Å². The first-order valence-electron chi connectivity index (χ1n) is 10.4. The molecule has 2 N–H and O–H groups in total. The van der Waals surface area contributed by atoms with Crippen molar-refractivity contribution in [3.8, 4) is 17.4 Å². The summed E-state index contributed by atoms with van der Waals surface area (Å²) < 4.78 is 12.6. The van der Waals surface area contributed by atoms with Crippen molar-refractivity contribution in [3.05, 3.63) is 50.2 Å². The monoisotopic (exact) mass is 445 g/mol. The summed E-state index contributed by atoms with van der Waals surface area (Å²) in [5, 5.41) is 13.1. The van der Waals surface area contributed by atoms with E-state index in [4.69, 9.17) is 9.47 Å². The Morgan fingerprint density at radius 2 is 1.75 bits per heavy atom. The van der Waals surface area contributed by atoms with E-state index < -0.39 is 28.6 Å². The first-order valence-corrected chi connectivity index (χ1v) is 10.4. The normalized spacial score (nSPS) is 14.1. The van der Waals surface area contributed by atoms with Gasteiger partial charge in [-0.1, -0.05) is 19.3 Å². The zero-order chi connectivity index (χ0) is 23.3. The maximum atomic E-state index is 13.3. The van der Waals surface area contributed by atoms with Crippen LogP contribution in [0.3, 0.4) is 0 Å². The van der Waals surface area contributed by atoms with Crippen LogP contribution in [0.1, 0.15) is 54.1 Å². The van der Waals surface area contributed by atoms with E-state index in [1.165, 1.54) is 14.2 Å². The third-order valence-electron chi connectivity index (χ3n) is 5.61. The van der Waals surface area contributed by atoms with Crippen LogP contribution in [0.15, 0.2) is 27.8 Å². The van der Waals surface area contributed by atoms with Crippen LogP contribution in [-0.4, -0.2) is 47.2 Å². The summed E-state index contributed by atoms with van der Waals surface area (Å²) in [6.07, 6.45) is 4.52. The maximum Gasteiger partial charge on any atom is 0.334 e. The predicted molar refractivity (Wildman–Crippen MR) is 116 cm³/mol. The van der Waals surface area contributed by atoms with Crippen LogP contribution in [0.2, 0.25) is 0 Å². The number of methoxy groups -OCH3 is 2. The lowest BCUT2D eigenvalue weighted by Crippen LogP contribution is -2.46. The van der Waals surface area contributed by atoms with E-state index in [9.17, 15) is 24.3 Å². The van der Waals surface area contributed by atoms with Crippen molar-refractivity contribution >= 4 is 12.2 Å². The summed E-state index contributed by atoms with van der Waals surface area (Å²) in [6.45, 7) is -0.487. The molecule has 0 saturated heterocycles. The number of nitrogens with one attached hydrogen (secondary N) is 1. The molecule has 1 aliphatic carbocycles. The number of ether oxygens (including phenoxy) is 2. The number of carbonyl (C=O) groups is 2. The largest absolute Gasteiger partial charge is 0.497 e. The fraction of sp³-hybridized carbons (Fsp3) is 0.455. The lowest BCUT2D eigenvalue weighted by Gasteiger charge is -2.26. The van der Waals surface area contributed by atoms with Crippen molar-refractivity contribution in [2.75, 3.05) is 20.8 Å². The van der Waals surface area contributed by atoms with Crippen LogP contribution < -0.4 is 26.0 Å². The summed E-state index contributed by atoms with van der Waals surface area (Å²) in [5.74, 6) is -0.638. The molecule has 1 aliphatic rings. The van der Waals surface area contributed by atoms with Crippen molar-refractivity contribution < 1.29 is 24.2 Å². The quantitative estimate of drug-likeness (QED) is 0.585. The van der Waals surface area contributed by atoms with E-state index in [1.54, 1.807) is 18.2 Å². The number of carbonyl (C=O) groups excluding carboxylic acids is 2. The van der Waals surface area contributed by atoms with Gasteiger partial charge in [0.25, 0.3) is 11.5 Å². The summed E-state index contributed by atoms with van der Waals surface area (Å²) in [4.78, 5) is 49.7. The highest BCUT2D eigenvalue weighted by Crippen LogP contribution is 2.30. The molecule has 0 atom stereocenters. The highest BCUT2D eigenvalue weighted by Gasteiger charge is 2.28. The Morgan fingerprint density at radius 3 is 2.31 bits per heavy atom. The van der Waals surface area contributed by atoms with Crippen molar-refractivity contribution in [3.63, 3.8) is 0 Å². The molecule has 10 heteroatoms. The molecule has 1 aromatic heterocycles. The Balaban J connectivity index is 2.18. The van der Waals surface area contributed by atoms with E-state index in [0.29, 0.717) is 36.2 Å². The van der Waals surface area contributed by atoms with E-state index in [2.05, 4.69) is 5.32 Å². The van der Waals surface area contributed by atoms with Gasteiger partial charge in [-0.25, -0.2) is 4.79 Å². The molecule has 2 aromatic rings. The van der Waals surface area contributed by atoms with Gasteiger partial charge < -0.3 is 24.7 Å². The first kappa shape index (κ1) is 23.1. The van der Waals surface area contributed by atoms with Crippen LogP contribution in [-0.2, 0) is 11.3 Å². The molecule has 0 bridgehead atoms. The van der Waals surface area contributed by atoms with Gasteiger partial charge in [-0.15, -0.1) is 0 Å². The predicted octanol–water partition coefficient (Wildman–Crippen LogP) is 1.21. The molecule has 10 nitrogen and oxygen atoms in total. The number of benzene rings is 1. The van der Waals surface area contributed by atoms with E-state index in [1.807, 2.05) is 0 Å². The van der Waals surface area contributed by atoms with Crippen LogP contribution in [0, 0.1) is 0 Å². The smallest absolute Gasteiger partial charge is 0.334 e. The van der Waals surface area contributed by atoms with Crippen LogP contribution >= 0.6 is 0 Å². The van der Waals surface area contributed by atoms with Gasteiger partial charge in [0, 0.05) is 12.1 Å². The fourth-order valence-electron chi connectivity index (χ4n) is 4.03. The number of nitrogens with zero attached hydrogens (tertiary/aromatic N) is 2. The van der Waals surface area contributed by atoms with Crippen LogP contribution in [0.4, 0.5) is 0 Å². The van der Waals surface area contributed by atoms with Crippen molar-refractivity contribution in [1.29, 1.82) is 0 Å². The Morgan fingerprint density at radius 1 is 1.12 bits per heavy atom. The molecule has 1 fully saturated rings. The summed E-state index contributed by atoms with van der Waals surface area (Å²) in [7, 11) is 2.97. The number of amides is 1. The molecule has 0 aliphatic heterocycles. The highest BCUT2D eigenvalue weighted by molar-refractivity contribution is 5.96. The SMILES string of the molecule is COc1cc(Cn2c(=O)c(C(=O)NCC=O)c(O)n(C3CCCCC3)c2=O)cc(OC)c1. The van der Waals surface area contributed by atoms with Crippen LogP contribution in [0.25, 0.3) is 0 Å². The standard InChI is InChI=1S/C22H27N3O7/c1-31-16-10-14(11-17(12-16)32-2)13-24-20(28)18(19(27)23-8-9-26)21(29)25(22(24)30)15-6-4-3-5-7-15/h9-12,15,29H,3-8,13H2,1-2H3,(H,23,27). The second-order valence-corrected chi connectivity index (χ2v) is 7.63. The lowest BCUT2D eigenvalue weighted by atomic mass is 9.95. The molecule has 0 radical (unpaired) electrons. The van der Waals surface area contributed by atoms with Crippen molar-refractivity contribution in [2.24, 2.45) is 0 Å². The van der Waals surface area contributed by atoms with Gasteiger partial charge >= 0.3 is 5.69 Å². The third kappa shape index (κ3) is 4.68. The fourth-order valence-corrected chi connectivity index (χ4v) is 4.03. The molecule has 1 aromatic carbocycles. The molecule has 32 heavy (non-hydrogen) atoms. The minimum atomic E-state index is -0.940. The second-order valence-electron chi connectivity index (χ2n) is 7.63. The summed E-state index contributed by atoms with van der Waals surface area (Å²) in [5.41, 5.74) is -1.66. The van der Waals surface area contributed by atoms with E-state index in [-0.39, 0.29) is 19.1 Å². The number of hydrogen-bond donors (Lipinski definition) is 2. The maximum absolute atomic E-state index is 13.3. The number of aldehydes is 1. The Hall–Kier alpha value is -3.56. The average molecular weight is 445 g/mol. The number of aromatic nitrogens is 2. The van der Waals surface area contributed by atoms with Gasteiger partial charge in [0.1, 0.15) is 17.8 Å².